The van der Waals surface area contributed by atoms with Gasteiger partial charge in [0.2, 0.25) is 0 Å². The molecule has 0 bridgehead atoms. The van der Waals surface area contributed by atoms with Crippen molar-refractivity contribution in [3.63, 3.8) is 0 Å². The van der Waals surface area contributed by atoms with Crippen LogP contribution in [0, 0.1) is 0 Å². The lowest BCUT2D eigenvalue weighted by atomic mass is 10.1. The molecule has 0 saturated heterocycles. The van der Waals surface area contributed by atoms with Gasteiger partial charge in [0, 0.05) is 15.4 Å². The molecule has 1 heterocycles. The van der Waals surface area contributed by atoms with E-state index in [1.807, 2.05) is 30.3 Å². The number of carboxylic acid groups (broad SMARTS) is 1. The van der Waals surface area contributed by atoms with Crippen LogP contribution in [0.3, 0.4) is 0 Å². The van der Waals surface area contributed by atoms with E-state index < -0.39 is 22.3 Å². The van der Waals surface area contributed by atoms with Gasteiger partial charge in [0.1, 0.15) is 11.5 Å². The second kappa shape index (κ2) is 9.60. The quantitative estimate of drug-likeness (QED) is 0.334. The van der Waals surface area contributed by atoms with Crippen LogP contribution in [0.2, 0.25) is 0 Å². The fourth-order valence-electron chi connectivity index (χ4n) is 3.43. The third-order valence-corrected chi connectivity index (χ3v) is 6.19. The monoisotopic (exact) mass is 510 g/mol. The molecule has 0 saturated carbocycles. The number of rotatable bonds is 7. The summed E-state index contributed by atoms with van der Waals surface area (Å²) >= 11 is 0.880. The van der Waals surface area contributed by atoms with Crippen molar-refractivity contribution in [3.8, 4) is 11.5 Å². The van der Waals surface area contributed by atoms with Gasteiger partial charge in [-0.2, -0.15) is 0 Å². The average Bonchev–Trinajstić information content (AvgIpc) is 2.75. The van der Waals surface area contributed by atoms with Crippen LogP contribution in [0.15, 0.2) is 83.3 Å². The number of benzene rings is 3. The summed E-state index contributed by atoms with van der Waals surface area (Å²) < 4.78 is 31.4. The summed E-state index contributed by atoms with van der Waals surface area (Å²) in [6, 6.07) is 22.8. The lowest BCUT2D eigenvalue weighted by Gasteiger charge is -2.23. The lowest BCUT2D eigenvalue weighted by molar-refractivity contribution is -0.136. The van der Waals surface area contributed by atoms with Crippen LogP contribution in [0.5, 0.6) is 11.5 Å². The van der Waals surface area contributed by atoms with Crippen LogP contribution in [0.4, 0.5) is 0 Å². The molecule has 4 aromatic rings. The molecule has 0 aliphatic rings. The zero-order chi connectivity index (χ0) is 22.7. The van der Waals surface area contributed by atoms with Gasteiger partial charge in [0.25, 0.3) is 0 Å². The number of aliphatic carboxylic acids is 1. The molecule has 3 aromatic carbocycles. The minimum Gasteiger partial charge on any atom is -0.772 e. The van der Waals surface area contributed by atoms with Crippen molar-refractivity contribution >= 4 is 43.9 Å². The molecule has 2 unspecified atom stereocenters. The van der Waals surface area contributed by atoms with Crippen LogP contribution in [0.1, 0.15) is 22.1 Å². The first-order valence-electron chi connectivity index (χ1n) is 9.62. The van der Waals surface area contributed by atoms with Crippen molar-refractivity contribution in [2.75, 3.05) is 0 Å². The molecule has 0 fully saturated rings. The first-order valence-corrected chi connectivity index (χ1v) is 11.6. The van der Waals surface area contributed by atoms with Crippen molar-refractivity contribution in [2.24, 2.45) is 0 Å². The summed E-state index contributed by atoms with van der Waals surface area (Å²) in [5.74, 6) is -0.199. The molecule has 6 nitrogen and oxygen atoms in total. The van der Waals surface area contributed by atoms with Gasteiger partial charge in [-0.25, -0.2) is 0 Å². The smallest absolute Gasteiger partial charge is 0.307 e. The van der Waals surface area contributed by atoms with Gasteiger partial charge in [-0.3, -0.25) is 14.0 Å². The zero-order valence-electron chi connectivity index (χ0n) is 16.6. The van der Waals surface area contributed by atoms with Crippen LogP contribution < -0.4 is 4.74 Å². The lowest BCUT2D eigenvalue weighted by Crippen LogP contribution is -2.11. The minimum atomic E-state index is -2.53. The molecule has 0 radical (unpaired) electrons. The first-order chi connectivity index (χ1) is 15.4. The number of pyridine rings is 1. The van der Waals surface area contributed by atoms with E-state index in [9.17, 15) is 13.6 Å². The summed E-state index contributed by atoms with van der Waals surface area (Å²) in [7, 11) is 0. The van der Waals surface area contributed by atoms with Crippen molar-refractivity contribution in [1.82, 2.24) is 4.98 Å². The van der Waals surface area contributed by atoms with E-state index in [1.165, 1.54) is 0 Å². The number of hydrogen-bond donors (Lipinski definition) is 1. The molecule has 1 aromatic heterocycles. The summed E-state index contributed by atoms with van der Waals surface area (Å²) in [5.41, 5.74) is 2.06. The van der Waals surface area contributed by atoms with Crippen LogP contribution in [0.25, 0.3) is 10.9 Å². The normalized spacial score (nSPS) is 12.9. The van der Waals surface area contributed by atoms with E-state index in [-0.39, 0.29) is 6.42 Å². The maximum Gasteiger partial charge on any atom is 0.307 e. The first kappa shape index (κ1) is 22.1. The molecule has 0 aliphatic heterocycles. The standard InChI is InChI=1S/C24H18BrNO5S/c25-17-9-11-22(31-18-6-3-4-15(12-18)13-23(27)28)19(14-17)24(32(29)30)21-10-8-16-5-1-2-7-20(16)26-21/h1-12,14,24H,13H2,(H,27,28)(H,29,30)/p-1. The molecule has 2 atom stereocenters. The topological polar surface area (TPSA) is 99.6 Å². The number of nitrogens with zero attached hydrogens (tertiary/aromatic N) is 1. The Hall–Kier alpha value is -3.07. The third-order valence-electron chi connectivity index (χ3n) is 4.82. The highest BCUT2D eigenvalue weighted by Crippen LogP contribution is 2.38. The maximum atomic E-state index is 12.4. The predicted molar refractivity (Wildman–Crippen MR) is 125 cm³/mol. The number of ether oxygens (including phenoxy) is 1. The van der Waals surface area contributed by atoms with Crippen LogP contribution in [-0.2, 0) is 22.3 Å². The van der Waals surface area contributed by atoms with E-state index >= 15 is 0 Å². The summed E-state index contributed by atoms with van der Waals surface area (Å²) in [4.78, 5) is 15.6. The number of hydrogen-bond acceptors (Lipinski definition) is 5. The van der Waals surface area contributed by atoms with E-state index in [1.54, 1.807) is 48.5 Å². The Morgan fingerprint density at radius 2 is 1.88 bits per heavy atom. The highest BCUT2D eigenvalue weighted by atomic mass is 79.9. The Balaban J connectivity index is 1.77. The Bertz CT molecular complexity index is 1330. The largest absolute Gasteiger partial charge is 0.772 e. The fraction of sp³-hybridized carbons (Fsp3) is 0.0833. The summed E-state index contributed by atoms with van der Waals surface area (Å²) in [6.45, 7) is 0. The number of fused-ring (bicyclic) bond motifs is 1. The second-order valence-corrected chi connectivity index (χ2v) is 8.98. The van der Waals surface area contributed by atoms with E-state index in [0.717, 1.165) is 5.39 Å². The van der Waals surface area contributed by atoms with Gasteiger partial charge in [-0.1, -0.05) is 52.3 Å². The summed E-state index contributed by atoms with van der Waals surface area (Å²) in [5, 5.41) is 8.88. The van der Waals surface area contributed by atoms with Crippen molar-refractivity contribution in [3.05, 3.63) is 100 Å². The summed E-state index contributed by atoms with van der Waals surface area (Å²) in [6.07, 6.45) is -0.140. The van der Waals surface area contributed by atoms with Gasteiger partial charge >= 0.3 is 5.97 Å². The molecular formula is C24H17BrNO5S-. The number of para-hydroxylation sites is 1. The number of carbonyl (C=O) groups is 1. The average molecular weight is 511 g/mol. The van der Waals surface area contributed by atoms with E-state index in [4.69, 9.17) is 9.84 Å². The third kappa shape index (κ3) is 5.04. The Kier molecular flexibility index (Phi) is 6.64. The highest BCUT2D eigenvalue weighted by Gasteiger charge is 2.22. The SMILES string of the molecule is O=C(O)Cc1cccc(Oc2ccc(Br)cc2C(c2ccc3ccccc3n2)S(=O)[O-])c1. The number of aromatic nitrogens is 1. The second-order valence-electron chi connectivity index (χ2n) is 7.07. The van der Waals surface area contributed by atoms with Gasteiger partial charge in [0.15, 0.2) is 0 Å². The van der Waals surface area contributed by atoms with Crippen molar-refractivity contribution < 1.29 is 23.4 Å². The van der Waals surface area contributed by atoms with Crippen molar-refractivity contribution in [1.29, 1.82) is 0 Å². The van der Waals surface area contributed by atoms with Crippen LogP contribution >= 0.6 is 15.9 Å². The minimum absolute atomic E-state index is 0.140. The molecule has 4 rings (SSSR count). The van der Waals surface area contributed by atoms with E-state index in [2.05, 4.69) is 20.9 Å². The Morgan fingerprint density at radius 1 is 1.06 bits per heavy atom. The molecular weight excluding hydrogens is 494 g/mol. The number of carboxylic acids is 1. The number of halogens is 1. The molecule has 162 valence electrons. The molecule has 1 N–H and O–H groups in total. The maximum absolute atomic E-state index is 12.4. The molecule has 0 aliphatic carbocycles. The van der Waals surface area contributed by atoms with Crippen molar-refractivity contribution in [2.45, 2.75) is 11.7 Å². The molecule has 32 heavy (non-hydrogen) atoms. The van der Waals surface area contributed by atoms with Gasteiger partial charge in [0.05, 0.1) is 22.9 Å². The zero-order valence-corrected chi connectivity index (χ0v) is 19.0. The predicted octanol–water partition coefficient (Wildman–Crippen LogP) is 5.39. The van der Waals surface area contributed by atoms with Gasteiger partial charge in [-0.15, -0.1) is 0 Å². The van der Waals surface area contributed by atoms with Crippen LogP contribution in [-0.4, -0.2) is 24.8 Å². The molecule has 0 spiro atoms. The van der Waals surface area contributed by atoms with Gasteiger partial charge in [-0.05, 0) is 59.1 Å². The fourth-order valence-corrected chi connectivity index (χ4v) is 4.53. The Morgan fingerprint density at radius 3 is 2.66 bits per heavy atom. The highest BCUT2D eigenvalue weighted by molar-refractivity contribution is 9.10. The Labute approximate surface area is 195 Å². The van der Waals surface area contributed by atoms with Gasteiger partial charge < -0.3 is 14.4 Å². The van der Waals surface area contributed by atoms with E-state index in [0.29, 0.717) is 38.3 Å². The molecule has 8 heteroatoms. The molecule has 0 amide bonds.